The van der Waals surface area contributed by atoms with Gasteiger partial charge in [0.15, 0.2) is 0 Å². The molecule has 1 aromatic rings. The van der Waals surface area contributed by atoms with Crippen LogP contribution >= 0.6 is 0 Å². The molecule has 0 unspecified atom stereocenters. The van der Waals surface area contributed by atoms with Gasteiger partial charge in [0.05, 0.1) is 0 Å². The van der Waals surface area contributed by atoms with Gasteiger partial charge in [0, 0.05) is 0 Å². The van der Waals surface area contributed by atoms with Crippen LogP contribution in [0.25, 0.3) is 0 Å². The van der Waals surface area contributed by atoms with Crippen molar-refractivity contribution in [3.63, 3.8) is 0 Å². The first-order chi connectivity index (χ1) is 7.16. The normalized spacial score (nSPS) is 9.80. The highest BCUT2D eigenvalue weighted by atomic mass is 14.5. The SMILES string of the molecule is CC.Cc1cccc(C(C)C)c1CCN. The Morgan fingerprint density at radius 2 is 1.80 bits per heavy atom. The number of nitrogens with two attached hydrogens (primary N) is 1. The van der Waals surface area contributed by atoms with Crippen LogP contribution in [0.2, 0.25) is 0 Å². The predicted molar refractivity (Wildman–Crippen MR) is 69.4 cm³/mol. The van der Waals surface area contributed by atoms with E-state index in [1.165, 1.54) is 16.7 Å². The average Bonchev–Trinajstić information content (AvgIpc) is 2.24. The van der Waals surface area contributed by atoms with Gasteiger partial charge in [-0.1, -0.05) is 45.9 Å². The van der Waals surface area contributed by atoms with Gasteiger partial charge in [-0.3, -0.25) is 0 Å². The Morgan fingerprint density at radius 1 is 1.20 bits per heavy atom. The fourth-order valence-electron chi connectivity index (χ4n) is 1.75. The molecule has 0 radical (unpaired) electrons. The first-order valence-electron chi connectivity index (χ1n) is 5.95. The quantitative estimate of drug-likeness (QED) is 0.804. The summed E-state index contributed by atoms with van der Waals surface area (Å²) in [4.78, 5) is 0. The highest BCUT2D eigenvalue weighted by Crippen LogP contribution is 2.22. The van der Waals surface area contributed by atoms with Gasteiger partial charge >= 0.3 is 0 Å². The van der Waals surface area contributed by atoms with E-state index in [2.05, 4.69) is 39.0 Å². The summed E-state index contributed by atoms with van der Waals surface area (Å²) in [6.45, 7) is 11.4. The highest BCUT2D eigenvalue weighted by molar-refractivity contribution is 5.36. The number of rotatable bonds is 3. The topological polar surface area (TPSA) is 26.0 Å². The summed E-state index contributed by atoms with van der Waals surface area (Å²) in [6.07, 6.45) is 1.00. The van der Waals surface area contributed by atoms with Gasteiger partial charge in [-0.2, -0.15) is 0 Å². The summed E-state index contributed by atoms with van der Waals surface area (Å²) in [6, 6.07) is 6.50. The van der Waals surface area contributed by atoms with Crippen LogP contribution in [0.1, 0.15) is 50.3 Å². The molecule has 0 heterocycles. The largest absolute Gasteiger partial charge is 0.330 e. The molecule has 1 nitrogen and oxygen atoms in total. The van der Waals surface area contributed by atoms with Gasteiger partial charge < -0.3 is 5.73 Å². The zero-order valence-electron chi connectivity index (χ0n) is 10.8. The van der Waals surface area contributed by atoms with E-state index in [-0.39, 0.29) is 0 Å². The van der Waals surface area contributed by atoms with E-state index in [4.69, 9.17) is 5.73 Å². The van der Waals surface area contributed by atoms with E-state index < -0.39 is 0 Å². The molecule has 0 fully saturated rings. The van der Waals surface area contributed by atoms with Gasteiger partial charge in [0.25, 0.3) is 0 Å². The van der Waals surface area contributed by atoms with Gasteiger partial charge in [-0.15, -0.1) is 0 Å². The van der Waals surface area contributed by atoms with E-state index in [0.29, 0.717) is 5.92 Å². The van der Waals surface area contributed by atoms with Crippen LogP contribution in [-0.2, 0) is 6.42 Å². The maximum absolute atomic E-state index is 5.60. The molecule has 0 aliphatic carbocycles. The second-order valence-electron chi connectivity index (χ2n) is 3.84. The molecule has 0 spiro atoms. The Balaban J connectivity index is 0.000000921. The Bertz CT molecular complexity index is 277. The summed E-state index contributed by atoms with van der Waals surface area (Å²) in [5.41, 5.74) is 9.86. The molecule has 0 atom stereocenters. The number of benzene rings is 1. The minimum absolute atomic E-state index is 0.599. The Labute approximate surface area is 94.7 Å². The number of hydrogen-bond acceptors (Lipinski definition) is 1. The third-order valence-electron chi connectivity index (χ3n) is 2.46. The summed E-state index contributed by atoms with van der Waals surface area (Å²) >= 11 is 0. The van der Waals surface area contributed by atoms with Crippen molar-refractivity contribution in [1.82, 2.24) is 0 Å². The third kappa shape index (κ3) is 4.05. The molecule has 0 aromatic heterocycles. The molecule has 0 amide bonds. The van der Waals surface area contributed by atoms with Crippen molar-refractivity contribution in [2.24, 2.45) is 5.73 Å². The predicted octanol–water partition coefficient (Wildman–Crippen LogP) is 3.65. The van der Waals surface area contributed by atoms with Crippen molar-refractivity contribution in [3.8, 4) is 0 Å². The van der Waals surface area contributed by atoms with Crippen LogP contribution in [0.3, 0.4) is 0 Å². The molecule has 1 aromatic carbocycles. The molecule has 2 N–H and O–H groups in total. The summed E-state index contributed by atoms with van der Waals surface area (Å²) in [5.74, 6) is 0.599. The van der Waals surface area contributed by atoms with Crippen molar-refractivity contribution in [1.29, 1.82) is 0 Å². The van der Waals surface area contributed by atoms with Crippen molar-refractivity contribution in [2.75, 3.05) is 6.54 Å². The fraction of sp³-hybridized carbons (Fsp3) is 0.571. The zero-order chi connectivity index (χ0) is 11.8. The molecule has 86 valence electrons. The maximum atomic E-state index is 5.60. The lowest BCUT2D eigenvalue weighted by atomic mass is 9.92. The monoisotopic (exact) mass is 207 g/mol. The molecule has 1 rings (SSSR count). The van der Waals surface area contributed by atoms with E-state index in [1.54, 1.807) is 0 Å². The molecule has 1 heteroatoms. The molecular formula is C14H25N. The molecular weight excluding hydrogens is 182 g/mol. The minimum atomic E-state index is 0.599. The van der Waals surface area contributed by atoms with Gasteiger partial charge in [0.2, 0.25) is 0 Å². The van der Waals surface area contributed by atoms with Crippen molar-refractivity contribution in [3.05, 3.63) is 34.9 Å². The second-order valence-corrected chi connectivity index (χ2v) is 3.84. The molecule has 0 saturated carbocycles. The second kappa shape index (κ2) is 7.47. The molecule has 0 saturated heterocycles. The van der Waals surface area contributed by atoms with Crippen LogP contribution in [0.4, 0.5) is 0 Å². The first kappa shape index (κ1) is 14.2. The third-order valence-corrected chi connectivity index (χ3v) is 2.46. The fourth-order valence-corrected chi connectivity index (χ4v) is 1.75. The lowest BCUT2D eigenvalue weighted by molar-refractivity contribution is 0.827. The van der Waals surface area contributed by atoms with E-state index in [1.807, 2.05) is 13.8 Å². The van der Waals surface area contributed by atoms with Crippen molar-refractivity contribution < 1.29 is 0 Å². The van der Waals surface area contributed by atoms with Gasteiger partial charge in [-0.25, -0.2) is 0 Å². The van der Waals surface area contributed by atoms with Crippen LogP contribution in [0, 0.1) is 6.92 Å². The first-order valence-corrected chi connectivity index (χ1v) is 5.95. The minimum Gasteiger partial charge on any atom is -0.330 e. The van der Waals surface area contributed by atoms with Crippen molar-refractivity contribution >= 4 is 0 Å². The van der Waals surface area contributed by atoms with Gasteiger partial charge in [-0.05, 0) is 42.5 Å². The number of aryl methyl sites for hydroxylation is 1. The van der Waals surface area contributed by atoms with Crippen molar-refractivity contribution in [2.45, 2.75) is 47.0 Å². The standard InChI is InChI=1S/C12H19N.C2H6/c1-9(2)11-6-4-5-10(3)12(11)7-8-13;1-2/h4-6,9H,7-8,13H2,1-3H3;1-2H3. The average molecular weight is 207 g/mol. The van der Waals surface area contributed by atoms with E-state index >= 15 is 0 Å². The van der Waals surface area contributed by atoms with Gasteiger partial charge in [0.1, 0.15) is 0 Å². The Kier molecular flexibility index (Phi) is 7.06. The van der Waals surface area contributed by atoms with Crippen LogP contribution in [-0.4, -0.2) is 6.54 Å². The highest BCUT2D eigenvalue weighted by Gasteiger charge is 2.07. The summed E-state index contributed by atoms with van der Waals surface area (Å²) in [7, 11) is 0. The molecule has 15 heavy (non-hydrogen) atoms. The molecule has 0 aliphatic heterocycles. The number of hydrogen-bond donors (Lipinski definition) is 1. The van der Waals surface area contributed by atoms with Crippen LogP contribution < -0.4 is 5.73 Å². The lowest BCUT2D eigenvalue weighted by Crippen LogP contribution is -2.07. The zero-order valence-corrected chi connectivity index (χ0v) is 10.8. The Hall–Kier alpha value is -0.820. The van der Waals surface area contributed by atoms with E-state index in [9.17, 15) is 0 Å². The van der Waals surface area contributed by atoms with Crippen LogP contribution in [0.5, 0.6) is 0 Å². The lowest BCUT2D eigenvalue weighted by Gasteiger charge is -2.14. The molecule has 0 bridgehead atoms. The summed E-state index contributed by atoms with van der Waals surface area (Å²) < 4.78 is 0. The molecule has 0 aliphatic rings. The summed E-state index contributed by atoms with van der Waals surface area (Å²) in [5, 5.41) is 0. The van der Waals surface area contributed by atoms with E-state index in [0.717, 1.165) is 13.0 Å². The maximum Gasteiger partial charge on any atom is -0.00365 e. The smallest absolute Gasteiger partial charge is 0.00365 e. The Morgan fingerprint density at radius 3 is 2.27 bits per heavy atom. The van der Waals surface area contributed by atoms with Crippen LogP contribution in [0.15, 0.2) is 18.2 Å².